The zero-order chi connectivity index (χ0) is 20.6. The van der Waals surface area contributed by atoms with E-state index in [2.05, 4.69) is 14.9 Å². The van der Waals surface area contributed by atoms with Gasteiger partial charge in [-0.15, -0.1) is 21.5 Å². The summed E-state index contributed by atoms with van der Waals surface area (Å²) in [5.74, 6) is -0.226. The lowest BCUT2D eigenvalue weighted by molar-refractivity contribution is 0.0754. The van der Waals surface area contributed by atoms with Crippen molar-refractivity contribution in [3.8, 4) is 10.8 Å². The van der Waals surface area contributed by atoms with E-state index < -0.39 is 10.0 Å². The maximum Gasteiger partial charge on any atom is 0.311 e. The van der Waals surface area contributed by atoms with E-state index in [1.54, 1.807) is 30.0 Å². The number of nitrogens with zero attached hydrogens (tertiary/aromatic N) is 3. The molecular formula is C19H20N4O4S2. The van der Waals surface area contributed by atoms with Gasteiger partial charge < -0.3 is 9.32 Å². The number of rotatable bonds is 5. The maximum atomic E-state index is 12.8. The van der Waals surface area contributed by atoms with Gasteiger partial charge in [-0.25, -0.2) is 8.42 Å². The van der Waals surface area contributed by atoms with Crippen LogP contribution < -0.4 is 4.72 Å². The zero-order valence-electron chi connectivity index (χ0n) is 16.0. The van der Waals surface area contributed by atoms with Gasteiger partial charge in [0.1, 0.15) is 4.90 Å². The van der Waals surface area contributed by atoms with Gasteiger partial charge in [0.2, 0.25) is 0 Å². The Bertz CT molecular complexity index is 1160. The van der Waals surface area contributed by atoms with E-state index >= 15 is 0 Å². The Morgan fingerprint density at radius 3 is 2.66 bits per heavy atom. The average molecular weight is 433 g/mol. The van der Waals surface area contributed by atoms with E-state index in [1.807, 2.05) is 13.0 Å². The van der Waals surface area contributed by atoms with Crippen LogP contribution in [0.3, 0.4) is 0 Å². The molecule has 0 unspecified atom stereocenters. The highest BCUT2D eigenvalue weighted by atomic mass is 32.2. The predicted molar refractivity (Wildman–Crippen MR) is 109 cm³/mol. The molecule has 3 heterocycles. The molecule has 1 fully saturated rings. The van der Waals surface area contributed by atoms with E-state index in [1.165, 1.54) is 17.4 Å². The quantitative estimate of drug-likeness (QED) is 0.662. The van der Waals surface area contributed by atoms with Crippen molar-refractivity contribution >= 4 is 33.0 Å². The lowest BCUT2D eigenvalue weighted by Gasteiger charge is -2.11. The van der Waals surface area contributed by atoms with Crippen LogP contribution in [-0.4, -0.2) is 42.5 Å². The van der Waals surface area contributed by atoms with Crippen molar-refractivity contribution in [3.05, 3.63) is 46.7 Å². The Hall–Kier alpha value is -2.72. The SMILES string of the molecule is Cc1cccc(NS(=O)(=O)c2cc(-c3nnc(C(=O)N4CCCC4)o3)sc2C)c1. The number of aromatic nitrogens is 2. The summed E-state index contributed by atoms with van der Waals surface area (Å²) in [6.45, 7) is 4.97. The monoisotopic (exact) mass is 432 g/mol. The number of hydrogen-bond donors (Lipinski definition) is 1. The first-order valence-corrected chi connectivity index (χ1v) is 11.5. The van der Waals surface area contributed by atoms with Crippen LogP contribution in [0.25, 0.3) is 10.8 Å². The van der Waals surface area contributed by atoms with Crippen molar-refractivity contribution in [1.29, 1.82) is 0 Å². The number of anilines is 1. The first-order valence-electron chi connectivity index (χ1n) is 9.16. The summed E-state index contributed by atoms with van der Waals surface area (Å²) >= 11 is 1.23. The molecule has 4 rings (SSSR count). The summed E-state index contributed by atoms with van der Waals surface area (Å²) in [7, 11) is -3.78. The van der Waals surface area contributed by atoms with Gasteiger partial charge in [0.05, 0.1) is 4.88 Å². The van der Waals surface area contributed by atoms with Gasteiger partial charge in [0.15, 0.2) is 0 Å². The lowest BCUT2D eigenvalue weighted by Crippen LogP contribution is -2.27. The Balaban J connectivity index is 1.58. The van der Waals surface area contributed by atoms with Crippen LogP contribution >= 0.6 is 11.3 Å². The highest BCUT2D eigenvalue weighted by Crippen LogP contribution is 2.34. The Morgan fingerprint density at radius 2 is 1.93 bits per heavy atom. The third kappa shape index (κ3) is 4.03. The second-order valence-electron chi connectivity index (χ2n) is 6.92. The third-order valence-corrected chi connectivity index (χ3v) is 7.32. The minimum absolute atomic E-state index is 0.0738. The summed E-state index contributed by atoms with van der Waals surface area (Å²) in [4.78, 5) is 15.3. The first kappa shape index (κ1) is 19.6. The molecule has 0 radical (unpaired) electrons. The van der Waals surface area contributed by atoms with Gasteiger partial charge in [-0.3, -0.25) is 9.52 Å². The predicted octanol–water partition coefficient (Wildman–Crippen LogP) is 3.45. The van der Waals surface area contributed by atoms with Gasteiger partial charge in [0.25, 0.3) is 15.9 Å². The van der Waals surface area contributed by atoms with E-state index in [9.17, 15) is 13.2 Å². The van der Waals surface area contributed by atoms with Crippen molar-refractivity contribution in [2.24, 2.45) is 0 Å². The molecular weight excluding hydrogens is 412 g/mol. The van der Waals surface area contributed by atoms with Crippen LogP contribution in [-0.2, 0) is 10.0 Å². The number of thiophene rings is 1. The zero-order valence-corrected chi connectivity index (χ0v) is 17.6. The number of hydrogen-bond acceptors (Lipinski definition) is 7. The largest absolute Gasteiger partial charge is 0.411 e. The van der Waals surface area contributed by atoms with E-state index in [-0.39, 0.29) is 22.6 Å². The number of amides is 1. The molecule has 0 saturated carbocycles. The van der Waals surface area contributed by atoms with Crippen LogP contribution in [0, 0.1) is 13.8 Å². The number of carbonyl (C=O) groups excluding carboxylic acids is 1. The van der Waals surface area contributed by atoms with Gasteiger partial charge in [-0.05, 0) is 50.5 Å². The second-order valence-corrected chi connectivity index (χ2v) is 9.82. The number of aryl methyl sites for hydroxylation is 2. The van der Waals surface area contributed by atoms with Crippen LogP contribution in [0.4, 0.5) is 5.69 Å². The van der Waals surface area contributed by atoms with E-state index in [0.29, 0.717) is 28.5 Å². The summed E-state index contributed by atoms with van der Waals surface area (Å²) in [6.07, 6.45) is 1.93. The topological polar surface area (TPSA) is 105 Å². The fourth-order valence-electron chi connectivity index (χ4n) is 3.22. The fraction of sp³-hybridized carbons (Fsp3) is 0.316. The van der Waals surface area contributed by atoms with Gasteiger partial charge in [0, 0.05) is 23.7 Å². The Morgan fingerprint density at radius 1 is 1.17 bits per heavy atom. The first-order chi connectivity index (χ1) is 13.8. The molecule has 29 heavy (non-hydrogen) atoms. The van der Waals surface area contributed by atoms with Gasteiger partial charge >= 0.3 is 11.8 Å². The molecule has 1 N–H and O–H groups in total. The van der Waals surface area contributed by atoms with Crippen molar-refractivity contribution < 1.29 is 17.6 Å². The van der Waals surface area contributed by atoms with Crippen LogP contribution in [0.5, 0.6) is 0 Å². The molecule has 0 atom stereocenters. The summed E-state index contributed by atoms with van der Waals surface area (Å²) in [6, 6.07) is 8.63. The van der Waals surface area contributed by atoms with E-state index in [4.69, 9.17) is 4.42 Å². The average Bonchev–Trinajstić information content (AvgIpc) is 3.41. The van der Waals surface area contributed by atoms with Crippen molar-refractivity contribution in [2.75, 3.05) is 17.8 Å². The van der Waals surface area contributed by atoms with Gasteiger partial charge in [-0.2, -0.15) is 0 Å². The lowest BCUT2D eigenvalue weighted by atomic mass is 10.2. The molecule has 2 aromatic heterocycles. The molecule has 1 aromatic carbocycles. The normalized spacial score (nSPS) is 14.3. The minimum atomic E-state index is -3.78. The number of carbonyl (C=O) groups is 1. The third-order valence-electron chi connectivity index (χ3n) is 4.64. The molecule has 1 amide bonds. The van der Waals surface area contributed by atoms with Crippen LogP contribution in [0.15, 0.2) is 39.6 Å². The number of nitrogens with one attached hydrogen (secondary N) is 1. The molecule has 8 nitrogen and oxygen atoms in total. The van der Waals surface area contributed by atoms with Crippen LogP contribution in [0.1, 0.15) is 34.0 Å². The fourth-order valence-corrected chi connectivity index (χ4v) is 5.78. The highest BCUT2D eigenvalue weighted by Gasteiger charge is 2.27. The van der Waals surface area contributed by atoms with E-state index in [0.717, 1.165) is 18.4 Å². The molecule has 0 aliphatic carbocycles. The highest BCUT2D eigenvalue weighted by molar-refractivity contribution is 7.93. The van der Waals surface area contributed by atoms with Crippen molar-refractivity contribution in [2.45, 2.75) is 31.6 Å². The standard InChI is InChI=1S/C19H20N4O4S2/c1-12-6-5-7-14(10-12)22-29(25,26)16-11-15(28-13(16)2)17-20-21-18(27-17)19(24)23-8-3-4-9-23/h5-7,10-11,22H,3-4,8-9H2,1-2H3. The molecule has 1 saturated heterocycles. The van der Waals surface area contributed by atoms with Crippen molar-refractivity contribution in [3.63, 3.8) is 0 Å². The molecule has 10 heteroatoms. The molecule has 3 aromatic rings. The van der Waals surface area contributed by atoms with Gasteiger partial charge in [-0.1, -0.05) is 12.1 Å². The van der Waals surface area contributed by atoms with Crippen molar-refractivity contribution in [1.82, 2.24) is 15.1 Å². The molecule has 0 spiro atoms. The molecule has 0 bridgehead atoms. The smallest absolute Gasteiger partial charge is 0.311 e. The Labute approximate surface area is 172 Å². The maximum absolute atomic E-state index is 12.8. The summed E-state index contributed by atoms with van der Waals surface area (Å²) in [5, 5.41) is 7.79. The molecule has 1 aliphatic heterocycles. The number of likely N-dealkylation sites (tertiary alicyclic amines) is 1. The minimum Gasteiger partial charge on any atom is -0.411 e. The second kappa shape index (κ2) is 7.60. The molecule has 1 aliphatic rings. The Kier molecular flexibility index (Phi) is 5.13. The summed E-state index contributed by atoms with van der Waals surface area (Å²) in [5.41, 5.74) is 1.45. The number of sulfonamides is 1. The summed E-state index contributed by atoms with van der Waals surface area (Å²) < 4.78 is 33.8. The molecule has 152 valence electrons. The number of benzene rings is 1. The van der Waals surface area contributed by atoms with Crippen LogP contribution in [0.2, 0.25) is 0 Å².